The minimum Gasteiger partial charge on any atom is -0.494 e. The molecule has 0 atom stereocenters. The van der Waals surface area contributed by atoms with E-state index in [2.05, 4.69) is 9.88 Å². The molecule has 0 bridgehead atoms. The summed E-state index contributed by atoms with van der Waals surface area (Å²) in [7, 11) is 1.61. The lowest BCUT2D eigenvalue weighted by atomic mass is 10.0. The molecule has 1 fully saturated rings. The van der Waals surface area contributed by atoms with Gasteiger partial charge in [0.2, 0.25) is 0 Å². The van der Waals surface area contributed by atoms with Crippen molar-refractivity contribution >= 4 is 39.9 Å². The fourth-order valence-corrected chi connectivity index (χ4v) is 3.39. The van der Waals surface area contributed by atoms with Gasteiger partial charge in [-0.1, -0.05) is 23.2 Å². The monoisotopic (exact) mass is 378 g/mol. The number of rotatable bonds is 4. The smallest absolute Gasteiger partial charge is 0.160 e. The third-order valence-corrected chi connectivity index (χ3v) is 4.84. The van der Waals surface area contributed by atoms with Gasteiger partial charge in [0.25, 0.3) is 0 Å². The molecule has 3 aromatic rings. The number of halogens is 2. The van der Waals surface area contributed by atoms with E-state index in [-0.39, 0.29) is 12.5 Å². The van der Waals surface area contributed by atoms with E-state index in [9.17, 15) is 5.11 Å². The average Bonchev–Trinajstić information content (AvgIpc) is 2.92. The zero-order valence-corrected chi connectivity index (χ0v) is 15.0. The van der Waals surface area contributed by atoms with Crippen LogP contribution in [0.3, 0.4) is 0 Å². The van der Waals surface area contributed by atoms with Crippen LogP contribution in [-0.2, 0) is 0 Å². The van der Waals surface area contributed by atoms with Crippen LogP contribution in [0.1, 0.15) is 0 Å². The molecule has 6 nitrogen and oxygen atoms in total. The number of fused-ring (bicyclic) bond motifs is 1. The van der Waals surface area contributed by atoms with Gasteiger partial charge in [0, 0.05) is 42.9 Å². The van der Waals surface area contributed by atoms with Crippen LogP contribution < -0.4 is 9.64 Å². The summed E-state index contributed by atoms with van der Waals surface area (Å²) >= 11 is 12.3. The zero-order valence-electron chi connectivity index (χ0n) is 13.5. The third-order valence-electron chi connectivity index (χ3n) is 4.40. The second-order valence-electron chi connectivity index (χ2n) is 6.03. The van der Waals surface area contributed by atoms with E-state index in [1.807, 2.05) is 0 Å². The lowest BCUT2D eigenvalue weighted by Gasteiger charge is -2.38. The second-order valence-corrected chi connectivity index (χ2v) is 6.85. The third kappa shape index (κ3) is 2.80. The van der Waals surface area contributed by atoms with Crippen LogP contribution in [-0.4, -0.2) is 46.7 Å². The predicted octanol–water partition coefficient (Wildman–Crippen LogP) is 3.16. The van der Waals surface area contributed by atoms with Crippen molar-refractivity contribution in [2.75, 3.05) is 31.7 Å². The molecule has 0 amide bonds. The minimum atomic E-state index is 0.182. The molecule has 2 aromatic heterocycles. The van der Waals surface area contributed by atoms with Crippen LogP contribution in [0.15, 0.2) is 30.5 Å². The molecule has 3 heterocycles. The van der Waals surface area contributed by atoms with E-state index in [1.54, 1.807) is 42.3 Å². The summed E-state index contributed by atoms with van der Waals surface area (Å²) in [4.78, 5) is 6.31. The molecule has 0 spiro atoms. The summed E-state index contributed by atoms with van der Waals surface area (Å²) in [6.45, 7) is 1.71. The quantitative estimate of drug-likeness (QED) is 0.706. The van der Waals surface area contributed by atoms with Gasteiger partial charge in [0.15, 0.2) is 5.82 Å². The first-order valence-corrected chi connectivity index (χ1v) is 8.60. The molecule has 130 valence electrons. The Morgan fingerprint density at radius 2 is 2.08 bits per heavy atom. The topological polar surface area (TPSA) is 63.4 Å². The highest BCUT2D eigenvalue weighted by Crippen LogP contribution is 2.35. The van der Waals surface area contributed by atoms with Gasteiger partial charge >= 0.3 is 0 Å². The summed E-state index contributed by atoms with van der Waals surface area (Å²) in [6, 6.07) is 7.15. The number of anilines is 1. The van der Waals surface area contributed by atoms with Crippen molar-refractivity contribution < 1.29 is 9.84 Å². The van der Waals surface area contributed by atoms with Crippen LogP contribution >= 0.6 is 23.2 Å². The Morgan fingerprint density at radius 3 is 2.80 bits per heavy atom. The first-order chi connectivity index (χ1) is 12.1. The molecule has 1 aromatic carbocycles. The molecule has 4 rings (SSSR count). The number of nitrogens with zero attached hydrogens (tertiary/aromatic N) is 4. The number of aromatic nitrogens is 3. The van der Waals surface area contributed by atoms with Gasteiger partial charge in [-0.3, -0.25) is 0 Å². The van der Waals surface area contributed by atoms with Crippen LogP contribution in [0.4, 0.5) is 5.82 Å². The Labute approximate surface area is 154 Å². The van der Waals surface area contributed by atoms with Gasteiger partial charge < -0.3 is 14.7 Å². The Hall–Kier alpha value is -2.02. The number of aliphatic hydroxyl groups excluding tert-OH is 1. The maximum atomic E-state index is 9.27. The van der Waals surface area contributed by atoms with Crippen molar-refractivity contribution in [3.8, 4) is 11.4 Å². The molecular formula is C17H16Cl2N4O2. The average molecular weight is 379 g/mol. The largest absolute Gasteiger partial charge is 0.494 e. The number of aliphatic hydroxyl groups is 1. The van der Waals surface area contributed by atoms with Crippen LogP contribution in [0.25, 0.3) is 16.6 Å². The Bertz CT molecular complexity index is 938. The molecule has 0 radical (unpaired) electrons. The normalized spacial score (nSPS) is 14.8. The minimum absolute atomic E-state index is 0.182. The summed E-state index contributed by atoms with van der Waals surface area (Å²) in [5.41, 5.74) is 1.55. The Morgan fingerprint density at radius 1 is 1.28 bits per heavy atom. The molecule has 1 aliphatic heterocycles. The summed E-state index contributed by atoms with van der Waals surface area (Å²) in [5, 5.41) is 15.9. The zero-order chi connectivity index (χ0) is 17.6. The van der Waals surface area contributed by atoms with Crippen molar-refractivity contribution in [1.29, 1.82) is 0 Å². The van der Waals surface area contributed by atoms with E-state index < -0.39 is 0 Å². The van der Waals surface area contributed by atoms with Crippen LogP contribution in [0, 0.1) is 5.92 Å². The summed E-state index contributed by atoms with van der Waals surface area (Å²) < 4.78 is 7.24. The number of hydrogen-bond donors (Lipinski definition) is 1. The molecule has 0 aliphatic carbocycles. The second kappa shape index (κ2) is 6.37. The Kier molecular flexibility index (Phi) is 4.19. The maximum absolute atomic E-state index is 9.27. The first-order valence-electron chi connectivity index (χ1n) is 7.84. The SMILES string of the molecule is COc1ccc(Cl)cc1-n1nc(N2CC(CO)C2)c2cnc(Cl)cc21. The lowest BCUT2D eigenvalue weighted by molar-refractivity contribution is 0.200. The fourth-order valence-electron chi connectivity index (χ4n) is 3.07. The molecule has 1 N–H and O–H groups in total. The first kappa shape index (κ1) is 16.4. The number of hydrogen-bond acceptors (Lipinski definition) is 5. The molecule has 1 aliphatic rings. The molecule has 25 heavy (non-hydrogen) atoms. The van der Waals surface area contributed by atoms with Gasteiger partial charge in [-0.15, -0.1) is 5.10 Å². The standard InChI is InChI=1S/C17H16Cl2N4O2/c1-25-15-3-2-11(18)4-14(15)23-13-5-16(19)20-6-12(13)17(21-23)22-7-10(8-22)9-24/h2-6,10,24H,7-9H2,1H3. The number of benzene rings is 1. The van der Waals surface area contributed by atoms with Crippen molar-refractivity contribution in [3.05, 3.63) is 40.6 Å². The number of pyridine rings is 1. The fraction of sp³-hybridized carbons (Fsp3) is 0.294. The van der Waals surface area contributed by atoms with Gasteiger partial charge in [0.1, 0.15) is 16.6 Å². The van der Waals surface area contributed by atoms with Crippen molar-refractivity contribution in [1.82, 2.24) is 14.8 Å². The van der Waals surface area contributed by atoms with Crippen LogP contribution in [0.5, 0.6) is 5.75 Å². The number of methoxy groups -OCH3 is 1. The highest BCUT2D eigenvalue weighted by molar-refractivity contribution is 6.31. The van der Waals surface area contributed by atoms with E-state index >= 15 is 0 Å². The highest BCUT2D eigenvalue weighted by atomic mass is 35.5. The van der Waals surface area contributed by atoms with Crippen molar-refractivity contribution in [3.63, 3.8) is 0 Å². The van der Waals surface area contributed by atoms with Gasteiger partial charge in [0.05, 0.1) is 18.0 Å². The molecule has 0 unspecified atom stereocenters. The number of ether oxygens (including phenoxy) is 1. The van der Waals surface area contributed by atoms with E-state index in [0.29, 0.717) is 15.9 Å². The van der Waals surface area contributed by atoms with E-state index in [1.165, 1.54) is 0 Å². The van der Waals surface area contributed by atoms with Crippen molar-refractivity contribution in [2.45, 2.75) is 0 Å². The summed E-state index contributed by atoms with van der Waals surface area (Å²) in [6.07, 6.45) is 1.72. The lowest BCUT2D eigenvalue weighted by Crippen LogP contribution is -2.48. The van der Waals surface area contributed by atoms with Crippen molar-refractivity contribution in [2.24, 2.45) is 5.92 Å². The van der Waals surface area contributed by atoms with Crippen LogP contribution in [0.2, 0.25) is 10.2 Å². The van der Waals surface area contributed by atoms with E-state index in [0.717, 1.165) is 35.5 Å². The van der Waals surface area contributed by atoms with E-state index in [4.69, 9.17) is 33.0 Å². The molecule has 1 saturated heterocycles. The van der Waals surface area contributed by atoms with Gasteiger partial charge in [-0.25, -0.2) is 9.67 Å². The van der Waals surface area contributed by atoms with Gasteiger partial charge in [-0.2, -0.15) is 0 Å². The predicted molar refractivity (Wildman–Crippen MR) is 98.2 cm³/mol. The molecule has 0 saturated carbocycles. The maximum Gasteiger partial charge on any atom is 0.160 e. The molecule has 8 heteroatoms. The Balaban J connectivity index is 1.90. The van der Waals surface area contributed by atoms with Gasteiger partial charge in [-0.05, 0) is 18.2 Å². The molecular weight excluding hydrogens is 363 g/mol. The summed E-state index contributed by atoms with van der Waals surface area (Å²) in [5.74, 6) is 1.75. The highest BCUT2D eigenvalue weighted by Gasteiger charge is 2.30.